The summed E-state index contributed by atoms with van der Waals surface area (Å²) in [4.78, 5) is 48.8. The molecule has 8 nitrogen and oxygen atoms in total. The Bertz CT molecular complexity index is 994. The second-order valence-electron chi connectivity index (χ2n) is 6.77. The molecule has 3 rings (SSSR count). The topological polar surface area (TPSA) is 105 Å². The molecule has 30 heavy (non-hydrogen) atoms. The fourth-order valence-corrected chi connectivity index (χ4v) is 3.10. The summed E-state index contributed by atoms with van der Waals surface area (Å²) in [5, 5.41) is 5.15. The predicted octanol–water partition coefficient (Wildman–Crippen LogP) is 2.32. The molecule has 1 fully saturated rings. The molecule has 0 unspecified atom stereocenters. The van der Waals surface area contributed by atoms with Crippen LogP contribution < -0.4 is 15.5 Å². The summed E-state index contributed by atoms with van der Waals surface area (Å²) in [6, 6.07) is 12.3. The van der Waals surface area contributed by atoms with E-state index in [2.05, 4.69) is 10.6 Å². The number of rotatable bonds is 6. The minimum atomic E-state index is -0.784. The lowest BCUT2D eigenvalue weighted by molar-refractivity contribution is -0.151. The van der Waals surface area contributed by atoms with Crippen molar-refractivity contribution in [3.05, 3.63) is 54.3 Å². The van der Waals surface area contributed by atoms with Crippen molar-refractivity contribution in [3.8, 4) is 0 Å². The number of benzene rings is 2. The summed E-state index contributed by atoms with van der Waals surface area (Å²) >= 11 is 0. The van der Waals surface area contributed by atoms with Gasteiger partial charge in [-0.3, -0.25) is 19.2 Å². The number of ether oxygens (including phenoxy) is 1. The number of hydrogen-bond acceptors (Lipinski definition) is 5. The third kappa shape index (κ3) is 5.19. The molecule has 0 saturated carbocycles. The van der Waals surface area contributed by atoms with Crippen LogP contribution in [-0.2, 0) is 23.9 Å². The van der Waals surface area contributed by atoms with Crippen LogP contribution in [0.1, 0.15) is 13.3 Å². The first-order chi connectivity index (χ1) is 14.3. The molecule has 3 amide bonds. The summed E-state index contributed by atoms with van der Waals surface area (Å²) in [5.74, 6) is -3.25. The van der Waals surface area contributed by atoms with Crippen molar-refractivity contribution in [2.45, 2.75) is 13.3 Å². The molecule has 0 spiro atoms. The molecule has 0 aromatic heterocycles. The second kappa shape index (κ2) is 9.17. The highest BCUT2D eigenvalue weighted by Gasteiger charge is 2.37. The Balaban J connectivity index is 1.52. The van der Waals surface area contributed by atoms with Gasteiger partial charge in [0.15, 0.2) is 6.61 Å². The molecule has 1 aliphatic heterocycles. The molecule has 2 N–H and O–H groups in total. The molecule has 2 aromatic carbocycles. The van der Waals surface area contributed by atoms with Crippen molar-refractivity contribution in [1.82, 2.24) is 0 Å². The number of carbonyl (C=O) groups excluding carboxylic acids is 4. The van der Waals surface area contributed by atoms with Crippen LogP contribution in [0.25, 0.3) is 0 Å². The van der Waals surface area contributed by atoms with Crippen molar-refractivity contribution in [3.63, 3.8) is 0 Å². The Kier molecular flexibility index (Phi) is 6.41. The molecule has 0 bridgehead atoms. The average Bonchev–Trinajstić information content (AvgIpc) is 3.08. The first-order valence-corrected chi connectivity index (χ1v) is 9.22. The first kappa shape index (κ1) is 21.0. The predicted molar refractivity (Wildman–Crippen MR) is 107 cm³/mol. The summed E-state index contributed by atoms with van der Waals surface area (Å²) < 4.78 is 18.9. The Labute approximate surface area is 172 Å². The SMILES string of the molecule is CC(=O)Nc1cccc(NC(=O)COC(=O)[C@@H]2CC(=O)N(c3ccccc3F)C2)c1. The highest BCUT2D eigenvalue weighted by atomic mass is 19.1. The van der Waals surface area contributed by atoms with E-state index in [-0.39, 0.29) is 30.5 Å². The van der Waals surface area contributed by atoms with E-state index in [1.54, 1.807) is 30.3 Å². The van der Waals surface area contributed by atoms with Gasteiger partial charge in [0.25, 0.3) is 5.91 Å². The fourth-order valence-electron chi connectivity index (χ4n) is 3.10. The van der Waals surface area contributed by atoms with Gasteiger partial charge in [0.1, 0.15) is 5.82 Å². The highest BCUT2D eigenvalue weighted by Crippen LogP contribution is 2.27. The second-order valence-corrected chi connectivity index (χ2v) is 6.77. The normalized spacial score (nSPS) is 15.6. The van der Waals surface area contributed by atoms with E-state index in [1.807, 2.05) is 0 Å². The monoisotopic (exact) mass is 413 g/mol. The maximum Gasteiger partial charge on any atom is 0.311 e. The molecule has 1 atom stereocenters. The van der Waals surface area contributed by atoms with Gasteiger partial charge in [0, 0.05) is 31.3 Å². The number of hydrogen-bond donors (Lipinski definition) is 2. The fraction of sp³-hybridized carbons (Fsp3) is 0.238. The molecule has 1 aliphatic rings. The van der Waals surface area contributed by atoms with Gasteiger partial charge in [-0.15, -0.1) is 0 Å². The van der Waals surface area contributed by atoms with E-state index >= 15 is 0 Å². The van der Waals surface area contributed by atoms with Crippen LogP contribution in [0.2, 0.25) is 0 Å². The highest BCUT2D eigenvalue weighted by molar-refractivity contribution is 6.00. The Morgan fingerprint density at radius 1 is 1.10 bits per heavy atom. The number of carbonyl (C=O) groups is 4. The quantitative estimate of drug-likeness (QED) is 0.708. The van der Waals surface area contributed by atoms with Gasteiger partial charge in [-0.25, -0.2) is 4.39 Å². The third-order valence-electron chi connectivity index (χ3n) is 4.41. The zero-order chi connectivity index (χ0) is 21.7. The van der Waals surface area contributed by atoms with Crippen molar-refractivity contribution in [1.29, 1.82) is 0 Å². The number of nitrogens with one attached hydrogen (secondary N) is 2. The number of halogens is 1. The van der Waals surface area contributed by atoms with Gasteiger partial charge in [0.2, 0.25) is 11.8 Å². The van der Waals surface area contributed by atoms with E-state index in [0.717, 1.165) is 0 Å². The van der Waals surface area contributed by atoms with Gasteiger partial charge in [-0.2, -0.15) is 0 Å². The first-order valence-electron chi connectivity index (χ1n) is 9.22. The summed E-state index contributed by atoms with van der Waals surface area (Å²) in [6.07, 6.45) is -0.118. The lowest BCUT2D eigenvalue weighted by atomic mass is 10.1. The average molecular weight is 413 g/mol. The smallest absolute Gasteiger partial charge is 0.311 e. The molecule has 9 heteroatoms. The van der Waals surface area contributed by atoms with E-state index in [9.17, 15) is 23.6 Å². The van der Waals surface area contributed by atoms with Crippen molar-refractivity contribution >= 4 is 40.8 Å². The number of esters is 1. The van der Waals surface area contributed by atoms with Gasteiger partial charge >= 0.3 is 5.97 Å². The number of nitrogens with zero attached hydrogens (tertiary/aromatic N) is 1. The van der Waals surface area contributed by atoms with Crippen LogP contribution in [0, 0.1) is 11.7 Å². The molecule has 0 aliphatic carbocycles. The summed E-state index contributed by atoms with van der Waals surface area (Å²) in [6.45, 7) is 0.818. The van der Waals surface area contributed by atoms with E-state index in [4.69, 9.17) is 4.74 Å². The van der Waals surface area contributed by atoms with Gasteiger partial charge in [-0.1, -0.05) is 18.2 Å². The maximum absolute atomic E-state index is 13.9. The standard InChI is InChI=1S/C21H20FN3O5/c1-13(26)23-15-5-4-6-16(10-15)24-19(27)12-30-21(29)14-9-20(28)25(11-14)18-8-3-2-7-17(18)22/h2-8,10,14H,9,11-12H2,1H3,(H,23,26)(H,24,27)/t14-/m1/s1. The zero-order valence-corrected chi connectivity index (χ0v) is 16.2. The molecule has 1 heterocycles. The Hall–Kier alpha value is -3.75. The Morgan fingerprint density at radius 3 is 2.50 bits per heavy atom. The maximum atomic E-state index is 13.9. The van der Waals surface area contributed by atoms with Gasteiger partial charge in [-0.05, 0) is 30.3 Å². The Morgan fingerprint density at radius 2 is 1.80 bits per heavy atom. The number of amides is 3. The molecule has 2 aromatic rings. The van der Waals surface area contributed by atoms with Crippen LogP contribution in [0.3, 0.4) is 0 Å². The lowest BCUT2D eigenvalue weighted by Gasteiger charge is -2.17. The third-order valence-corrected chi connectivity index (χ3v) is 4.41. The minimum absolute atomic E-state index is 0.0149. The molecular weight excluding hydrogens is 393 g/mol. The summed E-state index contributed by atoms with van der Waals surface area (Å²) in [7, 11) is 0. The molecule has 1 saturated heterocycles. The van der Waals surface area contributed by atoms with Crippen LogP contribution in [0.15, 0.2) is 48.5 Å². The number of para-hydroxylation sites is 1. The van der Waals surface area contributed by atoms with E-state index in [1.165, 1.54) is 30.0 Å². The van der Waals surface area contributed by atoms with E-state index in [0.29, 0.717) is 11.4 Å². The number of anilines is 3. The summed E-state index contributed by atoms with van der Waals surface area (Å²) in [5.41, 5.74) is 1.04. The van der Waals surface area contributed by atoms with Crippen LogP contribution in [-0.4, -0.2) is 36.8 Å². The lowest BCUT2D eigenvalue weighted by Crippen LogP contribution is -2.28. The van der Waals surface area contributed by atoms with Crippen LogP contribution in [0.5, 0.6) is 0 Å². The van der Waals surface area contributed by atoms with E-state index < -0.39 is 30.2 Å². The van der Waals surface area contributed by atoms with Crippen molar-refractivity contribution < 1.29 is 28.3 Å². The van der Waals surface area contributed by atoms with Crippen LogP contribution >= 0.6 is 0 Å². The molecular formula is C21H20FN3O5. The molecule has 0 radical (unpaired) electrons. The minimum Gasteiger partial charge on any atom is -0.455 e. The largest absolute Gasteiger partial charge is 0.455 e. The van der Waals surface area contributed by atoms with Gasteiger partial charge < -0.3 is 20.3 Å². The zero-order valence-electron chi connectivity index (χ0n) is 16.2. The van der Waals surface area contributed by atoms with Crippen molar-refractivity contribution in [2.75, 3.05) is 28.7 Å². The molecule has 156 valence electrons. The van der Waals surface area contributed by atoms with Gasteiger partial charge in [0.05, 0.1) is 11.6 Å². The van der Waals surface area contributed by atoms with Crippen molar-refractivity contribution in [2.24, 2.45) is 5.92 Å². The van der Waals surface area contributed by atoms with Crippen LogP contribution in [0.4, 0.5) is 21.5 Å².